The summed E-state index contributed by atoms with van der Waals surface area (Å²) in [6.07, 6.45) is 0. The van der Waals surface area contributed by atoms with Gasteiger partial charge in [-0.15, -0.1) is 0 Å². The van der Waals surface area contributed by atoms with Crippen molar-refractivity contribution in [1.82, 2.24) is 15.1 Å². The van der Waals surface area contributed by atoms with Gasteiger partial charge in [0, 0.05) is 19.6 Å². The van der Waals surface area contributed by atoms with Crippen molar-refractivity contribution < 1.29 is 14.5 Å². The molecule has 0 unspecified atom stereocenters. The van der Waals surface area contributed by atoms with Crippen LogP contribution in [0.2, 0.25) is 0 Å². The Hall–Kier alpha value is -0.860. The van der Waals surface area contributed by atoms with Gasteiger partial charge in [0.05, 0.1) is 31.9 Å². The molecule has 0 saturated carbocycles. The van der Waals surface area contributed by atoms with E-state index in [-0.39, 0.29) is 17.4 Å². The van der Waals surface area contributed by atoms with Gasteiger partial charge in [-0.05, 0) is 20.8 Å². The Kier molecular flexibility index (Phi) is 7.76. The van der Waals surface area contributed by atoms with E-state index < -0.39 is 0 Å². The number of amides is 2. The predicted molar refractivity (Wildman–Crippen MR) is 98.8 cm³/mol. The van der Waals surface area contributed by atoms with Crippen LogP contribution in [0.3, 0.4) is 0 Å². The Bertz CT molecular complexity index is 441. The molecule has 0 aromatic rings. The van der Waals surface area contributed by atoms with Crippen molar-refractivity contribution in [3.63, 3.8) is 0 Å². The molecule has 1 fully saturated rings. The number of rotatable bonds is 4. The van der Waals surface area contributed by atoms with E-state index in [1.165, 1.54) is 16.7 Å². The van der Waals surface area contributed by atoms with Gasteiger partial charge in [0.25, 0.3) is 5.91 Å². The maximum atomic E-state index is 12.2. The smallest absolute Gasteiger partial charge is 0.275 e. The number of hydrogen-bond donors (Lipinski definition) is 2. The summed E-state index contributed by atoms with van der Waals surface area (Å²) in [6.45, 7) is 9.43. The lowest BCUT2D eigenvalue weighted by molar-refractivity contribution is -0.896. The first kappa shape index (κ1) is 20.2. The lowest BCUT2D eigenvalue weighted by atomic mass is 10.1. The molecule has 2 amide bonds. The van der Waals surface area contributed by atoms with Crippen LogP contribution in [-0.4, -0.2) is 84.0 Å². The van der Waals surface area contributed by atoms with E-state index in [1.54, 1.807) is 0 Å². The molecule has 6 nitrogen and oxygen atoms in total. The minimum absolute atomic E-state index is 0.0687. The first-order chi connectivity index (χ1) is 10.6. The minimum atomic E-state index is -0.198. The Balaban J connectivity index is 2.31. The molecule has 2 N–H and O–H groups in total. The van der Waals surface area contributed by atoms with Crippen molar-refractivity contribution in [2.45, 2.75) is 26.3 Å². The largest absolute Gasteiger partial charge is 0.364 e. The zero-order valence-corrected chi connectivity index (χ0v) is 16.4. The molecule has 0 radical (unpaired) electrons. The van der Waals surface area contributed by atoms with Crippen LogP contribution in [0.4, 0.5) is 0 Å². The molecule has 1 heterocycles. The van der Waals surface area contributed by atoms with Crippen LogP contribution in [0.25, 0.3) is 0 Å². The first-order valence-electron chi connectivity index (χ1n) is 7.85. The number of carbonyl (C=O) groups is 2. The SMILES string of the molecule is CN(C)C(=S)SCC(=O)N1CC[NH+](CC(=O)NC(C)(C)C)CC1. The molecule has 0 spiro atoms. The van der Waals surface area contributed by atoms with Gasteiger partial charge in [0.15, 0.2) is 6.54 Å². The molecule has 8 heteroatoms. The molecule has 0 aromatic carbocycles. The summed E-state index contributed by atoms with van der Waals surface area (Å²) in [6, 6.07) is 0. The van der Waals surface area contributed by atoms with Crippen LogP contribution in [0.1, 0.15) is 20.8 Å². The van der Waals surface area contributed by atoms with Gasteiger partial charge < -0.3 is 20.0 Å². The summed E-state index contributed by atoms with van der Waals surface area (Å²) in [5, 5.41) is 2.98. The monoisotopic (exact) mass is 361 g/mol. The summed E-state index contributed by atoms with van der Waals surface area (Å²) in [7, 11) is 3.76. The maximum absolute atomic E-state index is 12.2. The molecule has 0 aliphatic carbocycles. The van der Waals surface area contributed by atoms with Crippen molar-refractivity contribution in [1.29, 1.82) is 0 Å². The van der Waals surface area contributed by atoms with E-state index in [1.807, 2.05) is 44.7 Å². The number of nitrogens with zero attached hydrogens (tertiary/aromatic N) is 2. The second-order valence-corrected chi connectivity index (χ2v) is 8.66. The van der Waals surface area contributed by atoms with Crippen LogP contribution in [0.15, 0.2) is 0 Å². The quantitative estimate of drug-likeness (QED) is 0.643. The van der Waals surface area contributed by atoms with E-state index in [2.05, 4.69) is 5.32 Å². The second-order valence-electron chi connectivity index (χ2n) is 7.05. The van der Waals surface area contributed by atoms with Crippen molar-refractivity contribution >= 4 is 40.1 Å². The van der Waals surface area contributed by atoms with Gasteiger partial charge in [0.2, 0.25) is 5.91 Å². The summed E-state index contributed by atoms with van der Waals surface area (Å²) < 4.78 is 0.724. The van der Waals surface area contributed by atoms with E-state index in [0.717, 1.165) is 17.4 Å². The van der Waals surface area contributed by atoms with Gasteiger partial charge in [-0.3, -0.25) is 9.59 Å². The van der Waals surface area contributed by atoms with E-state index in [0.29, 0.717) is 25.4 Å². The molecular formula is C15H29N4O2S2+. The van der Waals surface area contributed by atoms with Crippen LogP contribution in [-0.2, 0) is 9.59 Å². The third-order valence-electron chi connectivity index (χ3n) is 3.43. The minimum Gasteiger partial charge on any atom is -0.364 e. The highest BCUT2D eigenvalue weighted by molar-refractivity contribution is 8.23. The molecule has 0 bridgehead atoms. The van der Waals surface area contributed by atoms with E-state index in [9.17, 15) is 9.59 Å². The van der Waals surface area contributed by atoms with Crippen LogP contribution in [0.5, 0.6) is 0 Å². The highest BCUT2D eigenvalue weighted by atomic mass is 32.2. The zero-order chi connectivity index (χ0) is 17.6. The van der Waals surface area contributed by atoms with Crippen molar-refractivity contribution in [3.05, 3.63) is 0 Å². The average Bonchev–Trinajstić information content (AvgIpc) is 2.42. The lowest BCUT2D eigenvalue weighted by Crippen LogP contribution is -3.16. The van der Waals surface area contributed by atoms with E-state index in [4.69, 9.17) is 12.2 Å². The normalized spacial score (nSPS) is 16.1. The van der Waals surface area contributed by atoms with Gasteiger partial charge in [0.1, 0.15) is 4.32 Å². The Labute approximate surface area is 148 Å². The zero-order valence-electron chi connectivity index (χ0n) is 14.8. The molecule has 1 saturated heterocycles. The number of nitrogens with one attached hydrogen (secondary N) is 2. The van der Waals surface area contributed by atoms with Crippen molar-refractivity contribution in [3.8, 4) is 0 Å². The highest BCUT2D eigenvalue weighted by Crippen LogP contribution is 2.08. The second kappa shape index (κ2) is 8.84. The van der Waals surface area contributed by atoms with E-state index >= 15 is 0 Å². The maximum Gasteiger partial charge on any atom is 0.275 e. The Morgan fingerprint density at radius 2 is 1.83 bits per heavy atom. The molecule has 1 aliphatic rings. The molecule has 0 aromatic heterocycles. The fourth-order valence-electron chi connectivity index (χ4n) is 2.28. The number of thioether (sulfide) groups is 1. The molecule has 1 aliphatic heterocycles. The molecule has 1 rings (SSSR count). The van der Waals surface area contributed by atoms with Crippen molar-refractivity contribution in [2.24, 2.45) is 0 Å². The third kappa shape index (κ3) is 7.99. The number of quaternary nitrogens is 1. The van der Waals surface area contributed by atoms with Crippen LogP contribution >= 0.6 is 24.0 Å². The van der Waals surface area contributed by atoms with Gasteiger partial charge in [-0.25, -0.2) is 0 Å². The van der Waals surface area contributed by atoms with Crippen molar-refractivity contribution in [2.75, 3.05) is 52.6 Å². The topological polar surface area (TPSA) is 57.1 Å². The third-order valence-corrected chi connectivity index (χ3v) is 5.15. The summed E-state index contributed by atoms with van der Waals surface area (Å²) in [5.41, 5.74) is -0.198. The molecule has 23 heavy (non-hydrogen) atoms. The lowest BCUT2D eigenvalue weighted by Gasteiger charge is -2.32. The summed E-state index contributed by atoms with van der Waals surface area (Å²) in [5.74, 6) is 0.577. The Morgan fingerprint density at radius 1 is 1.26 bits per heavy atom. The highest BCUT2D eigenvalue weighted by Gasteiger charge is 2.26. The number of thiocarbonyl (C=S) groups is 1. The Morgan fingerprint density at radius 3 is 2.30 bits per heavy atom. The number of hydrogen-bond acceptors (Lipinski definition) is 4. The van der Waals surface area contributed by atoms with Gasteiger partial charge >= 0.3 is 0 Å². The molecule has 0 atom stereocenters. The standard InChI is InChI=1S/C15H28N4O2S2/c1-15(2,3)16-12(20)10-18-6-8-19(9-7-18)13(21)11-23-14(22)17(4)5/h6-11H2,1-5H3,(H,16,20)/p+1. The van der Waals surface area contributed by atoms with Crippen LogP contribution < -0.4 is 10.2 Å². The van der Waals surface area contributed by atoms with Gasteiger partial charge in [-0.2, -0.15) is 0 Å². The van der Waals surface area contributed by atoms with Gasteiger partial charge in [-0.1, -0.05) is 24.0 Å². The summed E-state index contributed by atoms with van der Waals surface area (Å²) >= 11 is 6.58. The average molecular weight is 362 g/mol. The molecule has 132 valence electrons. The molecular weight excluding hydrogens is 332 g/mol. The van der Waals surface area contributed by atoms with Crippen LogP contribution in [0, 0.1) is 0 Å². The summed E-state index contributed by atoms with van der Waals surface area (Å²) in [4.78, 5) is 29.1. The number of carbonyl (C=O) groups excluding carboxylic acids is 2. The fraction of sp³-hybridized carbons (Fsp3) is 0.800. The number of piperazine rings is 1. The first-order valence-corrected chi connectivity index (χ1v) is 9.24. The fourth-order valence-corrected chi connectivity index (χ4v) is 3.15. The predicted octanol–water partition coefficient (Wildman–Crippen LogP) is -0.792.